The minimum atomic E-state index is -2.34. The SMILES string of the molecule is C=S(C)(=O)Nc1cc(SC)c(C(=O)OCC)cc1C.CC. The van der Waals surface area contributed by atoms with Crippen molar-refractivity contribution in [2.45, 2.75) is 32.6 Å². The van der Waals surface area contributed by atoms with Gasteiger partial charge in [0.25, 0.3) is 0 Å². The van der Waals surface area contributed by atoms with Crippen LogP contribution in [0.1, 0.15) is 36.7 Å². The number of carbonyl (C=O) groups is 1. The third-order valence-electron chi connectivity index (χ3n) is 2.37. The molecule has 0 radical (unpaired) electrons. The maximum atomic E-state index is 11.8. The van der Waals surface area contributed by atoms with Gasteiger partial charge in [0.15, 0.2) is 0 Å². The molecule has 0 spiro atoms. The van der Waals surface area contributed by atoms with Crippen molar-refractivity contribution >= 4 is 39.0 Å². The lowest BCUT2D eigenvalue weighted by atomic mass is 10.1. The molecule has 6 heteroatoms. The molecule has 0 saturated carbocycles. The molecule has 1 N–H and O–H groups in total. The van der Waals surface area contributed by atoms with E-state index < -0.39 is 9.71 Å². The number of benzene rings is 1. The Morgan fingerprint density at radius 3 is 2.43 bits per heavy atom. The summed E-state index contributed by atoms with van der Waals surface area (Å²) in [4.78, 5) is 12.6. The molecule has 0 saturated heterocycles. The summed E-state index contributed by atoms with van der Waals surface area (Å²) in [6.45, 7) is 7.96. The Balaban J connectivity index is 0.00000191. The predicted molar refractivity (Wildman–Crippen MR) is 95.1 cm³/mol. The van der Waals surface area contributed by atoms with Gasteiger partial charge < -0.3 is 9.46 Å². The van der Waals surface area contributed by atoms with Crippen LogP contribution in [0.25, 0.3) is 0 Å². The Hall–Kier alpha value is -1.14. The topological polar surface area (TPSA) is 55.4 Å². The van der Waals surface area contributed by atoms with Crippen LogP contribution in [-0.2, 0) is 14.4 Å². The third kappa shape index (κ3) is 6.44. The molecule has 0 aromatic heterocycles. The van der Waals surface area contributed by atoms with E-state index in [1.807, 2.05) is 27.0 Å². The number of nitrogens with one attached hydrogen (secondary N) is 1. The number of ether oxygens (including phenoxy) is 1. The van der Waals surface area contributed by atoms with Crippen LogP contribution < -0.4 is 4.72 Å². The van der Waals surface area contributed by atoms with E-state index in [0.717, 1.165) is 16.1 Å². The number of thioether (sulfide) groups is 1. The molecule has 4 nitrogen and oxygen atoms in total. The molecule has 1 aromatic rings. The molecule has 0 aliphatic carbocycles. The average molecular weight is 332 g/mol. The molecule has 120 valence electrons. The first-order chi connectivity index (χ1) is 9.78. The zero-order valence-corrected chi connectivity index (χ0v) is 15.2. The van der Waals surface area contributed by atoms with Gasteiger partial charge in [-0.25, -0.2) is 9.00 Å². The minimum absolute atomic E-state index is 0.339. The van der Waals surface area contributed by atoms with Gasteiger partial charge in [-0.1, -0.05) is 13.8 Å². The summed E-state index contributed by atoms with van der Waals surface area (Å²) in [6.07, 6.45) is 3.41. The first-order valence-electron chi connectivity index (χ1n) is 6.74. The second-order valence-electron chi connectivity index (χ2n) is 4.19. The van der Waals surface area contributed by atoms with Gasteiger partial charge in [0.1, 0.15) is 0 Å². The molecular weight excluding hydrogens is 306 g/mol. The van der Waals surface area contributed by atoms with Crippen LogP contribution in [0.3, 0.4) is 0 Å². The van der Waals surface area contributed by atoms with Gasteiger partial charge in [-0.2, -0.15) is 0 Å². The van der Waals surface area contributed by atoms with E-state index in [9.17, 15) is 9.00 Å². The number of aryl methyl sites for hydroxylation is 1. The fourth-order valence-corrected chi connectivity index (χ4v) is 2.85. The standard InChI is InChI=1S/C13H19NO3S2.C2H6/c1-6-17-13(15)10-7-9(2)11(8-12(10)18-3)14-19(4,5)16;1-2/h7-8H,4,6H2,1-3,5H3,(H,14,16);1-2H3. The summed E-state index contributed by atoms with van der Waals surface area (Å²) in [5, 5.41) is 0. The summed E-state index contributed by atoms with van der Waals surface area (Å²) in [7, 11) is -2.34. The maximum absolute atomic E-state index is 11.8. The molecule has 1 unspecified atom stereocenters. The average Bonchev–Trinajstić information content (AvgIpc) is 2.41. The molecule has 1 aromatic carbocycles. The molecule has 0 fully saturated rings. The summed E-state index contributed by atoms with van der Waals surface area (Å²) >= 11 is 1.44. The van der Waals surface area contributed by atoms with Gasteiger partial charge in [0.05, 0.1) is 12.2 Å². The van der Waals surface area contributed by atoms with Crippen LogP contribution in [-0.4, -0.2) is 35.2 Å². The van der Waals surface area contributed by atoms with Crippen molar-refractivity contribution in [3.05, 3.63) is 23.3 Å². The molecule has 0 heterocycles. The molecule has 0 amide bonds. The van der Waals surface area contributed by atoms with Crippen molar-refractivity contribution in [1.82, 2.24) is 0 Å². The van der Waals surface area contributed by atoms with Crippen LogP contribution in [0.4, 0.5) is 5.69 Å². The summed E-state index contributed by atoms with van der Waals surface area (Å²) in [5.74, 6) is 3.23. The van der Waals surface area contributed by atoms with E-state index in [1.165, 1.54) is 18.0 Å². The third-order valence-corrected chi connectivity index (χ3v) is 3.80. The van der Waals surface area contributed by atoms with Crippen molar-refractivity contribution < 1.29 is 13.7 Å². The van der Waals surface area contributed by atoms with Gasteiger partial charge >= 0.3 is 5.97 Å². The number of anilines is 1. The summed E-state index contributed by atoms with van der Waals surface area (Å²) in [5.41, 5.74) is 2.09. The van der Waals surface area contributed by atoms with Gasteiger partial charge in [-0.15, -0.1) is 11.8 Å². The van der Waals surface area contributed by atoms with Crippen molar-refractivity contribution in [2.24, 2.45) is 0 Å². The fraction of sp³-hybridized carbons (Fsp3) is 0.467. The Kier molecular flexibility index (Phi) is 8.51. The lowest BCUT2D eigenvalue weighted by molar-refractivity contribution is 0.0522. The normalized spacial score (nSPS) is 12.7. The smallest absolute Gasteiger partial charge is 0.339 e. The van der Waals surface area contributed by atoms with Gasteiger partial charge in [0, 0.05) is 26.5 Å². The van der Waals surface area contributed by atoms with Crippen molar-refractivity contribution in [1.29, 1.82) is 0 Å². The van der Waals surface area contributed by atoms with Gasteiger partial charge in [-0.3, -0.25) is 0 Å². The molecular formula is C15H25NO3S2. The number of carbonyl (C=O) groups excluding carboxylic acids is 1. The first-order valence-corrected chi connectivity index (χ1v) is 10.1. The van der Waals surface area contributed by atoms with Gasteiger partial charge in [0.2, 0.25) is 0 Å². The Morgan fingerprint density at radius 2 is 2.00 bits per heavy atom. The van der Waals surface area contributed by atoms with Crippen LogP contribution in [0.15, 0.2) is 17.0 Å². The highest BCUT2D eigenvalue weighted by molar-refractivity contribution is 8.00. The van der Waals surface area contributed by atoms with Crippen LogP contribution in [0.2, 0.25) is 0 Å². The van der Waals surface area contributed by atoms with E-state index in [0.29, 0.717) is 12.2 Å². The van der Waals surface area contributed by atoms with E-state index in [-0.39, 0.29) is 5.97 Å². The van der Waals surface area contributed by atoms with Crippen LogP contribution >= 0.6 is 11.8 Å². The highest BCUT2D eigenvalue weighted by Gasteiger charge is 2.15. The minimum Gasteiger partial charge on any atom is -0.462 e. The molecule has 1 atom stereocenters. The highest BCUT2D eigenvalue weighted by Crippen LogP contribution is 2.28. The summed E-state index contributed by atoms with van der Waals surface area (Å²) < 4.78 is 19.6. The predicted octanol–water partition coefficient (Wildman–Crippen LogP) is 3.59. The molecule has 0 aliphatic heterocycles. The number of hydrogen-bond donors (Lipinski definition) is 1. The lowest BCUT2D eigenvalue weighted by Gasteiger charge is -2.14. The number of hydrogen-bond acceptors (Lipinski definition) is 4. The monoisotopic (exact) mass is 331 g/mol. The molecule has 0 aliphatic rings. The maximum Gasteiger partial charge on any atom is 0.339 e. The van der Waals surface area contributed by atoms with Gasteiger partial charge in [-0.05, 0) is 43.7 Å². The Labute approximate surface area is 132 Å². The molecule has 21 heavy (non-hydrogen) atoms. The second-order valence-corrected chi connectivity index (χ2v) is 7.26. The highest BCUT2D eigenvalue weighted by atomic mass is 32.2. The van der Waals surface area contributed by atoms with E-state index in [1.54, 1.807) is 19.1 Å². The quantitative estimate of drug-likeness (QED) is 0.509. The van der Waals surface area contributed by atoms with E-state index in [2.05, 4.69) is 10.6 Å². The van der Waals surface area contributed by atoms with Crippen molar-refractivity contribution in [2.75, 3.05) is 23.8 Å². The number of esters is 1. The summed E-state index contributed by atoms with van der Waals surface area (Å²) in [6, 6.07) is 3.55. The van der Waals surface area contributed by atoms with Crippen LogP contribution in [0, 0.1) is 6.92 Å². The first kappa shape index (κ1) is 19.9. The van der Waals surface area contributed by atoms with E-state index >= 15 is 0 Å². The number of rotatable bonds is 5. The Morgan fingerprint density at radius 1 is 1.43 bits per heavy atom. The lowest BCUT2D eigenvalue weighted by Crippen LogP contribution is -2.12. The van der Waals surface area contributed by atoms with Crippen molar-refractivity contribution in [3.63, 3.8) is 0 Å². The zero-order valence-electron chi connectivity index (χ0n) is 13.6. The zero-order chi connectivity index (χ0) is 16.6. The van der Waals surface area contributed by atoms with E-state index in [4.69, 9.17) is 4.74 Å². The van der Waals surface area contributed by atoms with Crippen molar-refractivity contribution in [3.8, 4) is 0 Å². The Bertz CT molecular complexity index is 581. The molecule has 0 bridgehead atoms. The molecule has 1 rings (SSSR count). The second kappa shape index (κ2) is 9.00. The largest absolute Gasteiger partial charge is 0.462 e. The van der Waals surface area contributed by atoms with Crippen LogP contribution in [0.5, 0.6) is 0 Å². The fourth-order valence-electron chi connectivity index (χ4n) is 1.57.